The number of carbonyl (C=O) groups excluding carboxylic acids is 1. The van der Waals surface area contributed by atoms with E-state index >= 15 is 0 Å². The Kier molecular flexibility index (Phi) is 21.0. The largest absolute Gasteiger partial charge is 0.459 e. The van der Waals surface area contributed by atoms with Crippen LogP contribution in [0.2, 0.25) is 0 Å². The lowest BCUT2D eigenvalue weighted by Crippen LogP contribution is -2.59. The van der Waals surface area contributed by atoms with Gasteiger partial charge in [0.1, 0.15) is 42.7 Å². The zero-order valence-corrected chi connectivity index (χ0v) is 46.1. The highest BCUT2D eigenvalue weighted by atomic mass is 19.1. The number of esters is 1. The number of hydrogen-bond donors (Lipinski definition) is 4. The summed E-state index contributed by atoms with van der Waals surface area (Å²) in [6, 6.07) is 6.56. The second-order valence-corrected chi connectivity index (χ2v) is 22.4. The maximum atomic E-state index is 14.8. The van der Waals surface area contributed by atoms with E-state index < -0.39 is 109 Å². The van der Waals surface area contributed by atoms with Gasteiger partial charge in [-0.1, -0.05) is 38.1 Å². The van der Waals surface area contributed by atoms with Crippen LogP contribution in [0.1, 0.15) is 125 Å². The number of rotatable bonds is 16. The summed E-state index contributed by atoms with van der Waals surface area (Å²) < 4.78 is 60.8. The molecular formula is C53H91FN6O12. The summed E-state index contributed by atoms with van der Waals surface area (Å²) in [5, 5.41) is 56.3. The Morgan fingerprint density at radius 1 is 0.931 bits per heavy atom. The Hall–Kier alpha value is -2.92. The van der Waals surface area contributed by atoms with Crippen molar-refractivity contribution in [1.82, 2.24) is 24.8 Å². The molecule has 18 nitrogen and oxygen atoms in total. The standard InChI is InChI=1S/C53H91FN6O12/c1-17-42-53(10,65)47(61)35(6)59(14)29-31(2)26-51(8,64)49(33(4)45(34(5)50(63)70-42)71-44-27-52(9,67-16)48(62)36(7)69-44)72-43-25-40(24-32(3)68-43)58(13)23-22-38-30-60(56-55-38)41(28-54)46(66-15)37-18-20-39(21-19-37)57(11)12/h18-21,30-36,40-49,61-62,64-65H,17,22-29H2,1-16H3/t31-,32-,33+,34-,35-,36+,40+,41-,42-,43+,44+,45+,46-,47-,48+,49-,51-,52-,53-/m1/s1. The van der Waals surface area contributed by atoms with Crippen LogP contribution in [0.15, 0.2) is 30.5 Å². The van der Waals surface area contributed by atoms with Crippen molar-refractivity contribution in [3.63, 3.8) is 0 Å². The summed E-state index contributed by atoms with van der Waals surface area (Å²) >= 11 is 0. The number of aliphatic hydroxyl groups excluding tert-OH is 2. The van der Waals surface area contributed by atoms with Crippen molar-refractivity contribution in [3.05, 3.63) is 41.7 Å². The number of anilines is 1. The van der Waals surface area contributed by atoms with Crippen LogP contribution >= 0.6 is 0 Å². The molecule has 0 saturated carbocycles. The minimum Gasteiger partial charge on any atom is -0.459 e. The third kappa shape index (κ3) is 14.1. The van der Waals surface area contributed by atoms with Gasteiger partial charge >= 0.3 is 5.97 Å². The number of alkyl halides is 1. The number of carbonyl (C=O) groups is 1. The van der Waals surface area contributed by atoms with Crippen LogP contribution in [0.5, 0.6) is 0 Å². The van der Waals surface area contributed by atoms with Gasteiger partial charge in [0.25, 0.3) is 0 Å². The van der Waals surface area contributed by atoms with Gasteiger partial charge in [0, 0.05) is 90.6 Å². The molecule has 0 spiro atoms. The van der Waals surface area contributed by atoms with Crippen molar-refractivity contribution < 1.29 is 62.8 Å². The van der Waals surface area contributed by atoms with Crippen molar-refractivity contribution in [2.45, 2.75) is 204 Å². The van der Waals surface area contributed by atoms with E-state index in [1.807, 2.05) is 90.0 Å². The van der Waals surface area contributed by atoms with E-state index in [1.54, 1.807) is 52.6 Å². The fourth-order valence-corrected chi connectivity index (χ4v) is 11.5. The molecule has 0 aliphatic carbocycles. The Morgan fingerprint density at radius 2 is 1.60 bits per heavy atom. The van der Waals surface area contributed by atoms with Crippen LogP contribution in [-0.2, 0) is 44.4 Å². The number of aromatic nitrogens is 3. The molecule has 5 rings (SSSR count). The lowest BCUT2D eigenvalue weighted by molar-refractivity contribution is -0.308. The minimum absolute atomic E-state index is 0.00612. The summed E-state index contributed by atoms with van der Waals surface area (Å²) in [6.07, 6.45) is -4.44. The molecule has 412 valence electrons. The van der Waals surface area contributed by atoms with Crippen LogP contribution in [0.4, 0.5) is 10.1 Å². The van der Waals surface area contributed by atoms with Crippen molar-refractivity contribution >= 4 is 11.7 Å². The smallest absolute Gasteiger partial charge is 0.311 e. The number of benzene rings is 1. The monoisotopic (exact) mass is 1020 g/mol. The number of cyclic esters (lactones) is 1. The molecule has 3 saturated heterocycles. The predicted molar refractivity (Wildman–Crippen MR) is 271 cm³/mol. The molecule has 3 aliphatic rings. The molecule has 2 aromatic rings. The molecular weight excluding hydrogens is 932 g/mol. The SMILES string of the molecule is CC[C@H]1OC(=O)[C@H](C)[C@@H](O[C@H]2C[C@@](C)(OC)[C@@H](O)[C@H](C)O2)[C@H](C)[C@@H](O[C@H]2C[C@@H](N(C)CCc3cn([C@H](CF)[C@H](OC)c4ccc(N(C)C)cc4)nn3)C[C@@H](C)O2)[C@](C)(O)C[C@@H](C)CN(C)[C@H](C)[C@@H](O)[C@]1(C)O. The minimum atomic E-state index is -1.82. The summed E-state index contributed by atoms with van der Waals surface area (Å²) in [5.74, 6) is -2.55. The molecule has 3 fully saturated rings. The summed E-state index contributed by atoms with van der Waals surface area (Å²) in [7, 11) is 10.9. The second kappa shape index (κ2) is 25.3. The fraction of sp³-hybridized carbons (Fsp3) is 0.830. The van der Waals surface area contributed by atoms with Gasteiger partial charge in [-0.2, -0.15) is 0 Å². The summed E-state index contributed by atoms with van der Waals surface area (Å²) in [6.45, 7) is 18.3. The molecule has 3 aliphatic heterocycles. The van der Waals surface area contributed by atoms with Crippen LogP contribution in [0.25, 0.3) is 0 Å². The molecule has 19 heteroatoms. The number of hydrogen-bond acceptors (Lipinski definition) is 17. The van der Waals surface area contributed by atoms with Crippen molar-refractivity contribution in [1.29, 1.82) is 0 Å². The Balaban J connectivity index is 1.42. The lowest BCUT2D eigenvalue weighted by atomic mass is 9.77. The number of ether oxygens (including phenoxy) is 7. The van der Waals surface area contributed by atoms with Gasteiger partial charge < -0.3 is 68.3 Å². The highest BCUT2D eigenvalue weighted by Crippen LogP contribution is 2.40. The summed E-state index contributed by atoms with van der Waals surface area (Å²) in [4.78, 5) is 20.7. The number of likely N-dealkylation sites (N-methyl/N-ethyl adjacent to an activating group) is 2. The third-order valence-electron chi connectivity index (χ3n) is 16.1. The zero-order valence-electron chi connectivity index (χ0n) is 46.1. The predicted octanol–water partition coefficient (Wildman–Crippen LogP) is 5.10. The Bertz CT molecular complexity index is 1980. The zero-order chi connectivity index (χ0) is 53.6. The molecule has 0 radical (unpaired) electrons. The van der Waals surface area contributed by atoms with Gasteiger partial charge in [-0.15, -0.1) is 5.10 Å². The van der Waals surface area contributed by atoms with E-state index in [4.69, 9.17) is 33.2 Å². The number of nitrogens with zero attached hydrogens (tertiary/aromatic N) is 6. The van der Waals surface area contributed by atoms with Crippen molar-refractivity contribution in [3.8, 4) is 0 Å². The molecule has 72 heavy (non-hydrogen) atoms. The van der Waals surface area contributed by atoms with Crippen molar-refractivity contribution in [2.24, 2.45) is 17.8 Å². The second-order valence-electron chi connectivity index (χ2n) is 22.4. The van der Waals surface area contributed by atoms with Crippen LogP contribution in [0, 0.1) is 17.8 Å². The average molecular weight is 1020 g/mol. The van der Waals surface area contributed by atoms with Gasteiger partial charge in [-0.3, -0.25) is 4.79 Å². The molecule has 4 N–H and O–H groups in total. The van der Waals surface area contributed by atoms with Gasteiger partial charge in [0.2, 0.25) is 0 Å². The quantitative estimate of drug-likeness (QED) is 0.162. The van der Waals surface area contributed by atoms with E-state index in [9.17, 15) is 29.6 Å². The fourth-order valence-electron chi connectivity index (χ4n) is 11.5. The van der Waals surface area contributed by atoms with E-state index in [0.717, 1.165) is 11.3 Å². The first-order chi connectivity index (χ1) is 33.7. The van der Waals surface area contributed by atoms with Gasteiger partial charge in [-0.05, 0) is 105 Å². The van der Waals surface area contributed by atoms with Crippen molar-refractivity contribution in [2.75, 3.05) is 67.1 Å². The molecule has 0 amide bonds. The topological polar surface area (TPSA) is 203 Å². The van der Waals surface area contributed by atoms with Gasteiger partial charge in [0.05, 0.1) is 47.2 Å². The molecule has 1 aromatic heterocycles. The van der Waals surface area contributed by atoms with Crippen LogP contribution in [0.3, 0.4) is 0 Å². The van der Waals surface area contributed by atoms with Crippen LogP contribution < -0.4 is 4.90 Å². The highest BCUT2D eigenvalue weighted by Gasteiger charge is 2.52. The lowest BCUT2D eigenvalue weighted by Gasteiger charge is -2.48. The maximum Gasteiger partial charge on any atom is 0.311 e. The van der Waals surface area contributed by atoms with Gasteiger partial charge in [-0.25, -0.2) is 9.07 Å². The number of halogens is 1. The van der Waals surface area contributed by atoms with Gasteiger partial charge in [0.15, 0.2) is 12.6 Å². The average Bonchev–Trinajstić information content (AvgIpc) is 3.80. The normalized spacial score (nSPS) is 38.9. The first-order valence-corrected chi connectivity index (χ1v) is 26.1. The third-order valence-corrected chi connectivity index (χ3v) is 16.1. The van der Waals surface area contributed by atoms with E-state index in [-0.39, 0.29) is 37.3 Å². The van der Waals surface area contributed by atoms with E-state index in [1.165, 1.54) is 14.0 Å². The first kappa shape index (κ1) is 60.0. The molecule has 19 atom stereocenters. The Labute approximate surface area is 428 Å². The summed E-state index contributed by atoms with van der Waals surface area (Å²) in [5.41, 5.74) is -1.82. The van der Waals surface area contributed by atoms with Crippen LogP contribution in [-0.4, -0.2) is 198 Å². The molecule has 0 bridgehead atoms. The van der Waals surface area contributed by atoms with E-state index in [2.05, 4.69) is 15.2 Å². The number of methoxy groups -OCH3 is 2. The maximum absolute atomic E-state index is 14.8. The first-order valence-electron chi connectivity index (χ1n) is 26.1. The molecule has 1 aromatic carbocycles. The number of aliphatic hydroxyl groups is 4. The molecule has 0 unspecified atom stereocenters. The van der Waals surface area contributed by atoms with E-state index in [0.29, 0.717) is 38.0 Å². The highest BCUT2D eigenvalue weighted by molar-refractivity contribution is 5.73. The Morgan fingerprint density at radius 3 is 2.19 bits per heavy atom. The molecule has 4 heterocycles.